The van der Waals surface area contributed by atoms with Crippen LogP contribution in [0.5, 0.6) is 0 Å². The molecule has 1 saturated heterocycles. The largest absolute Gasteiger partial charge is 0.465 e. The van der Waals surface area contributed by atoms with E-state index < -0.39 is 6.09 Å². The van der Waals surface area contributed by atoms with Gasteiger partial charge in [-0.1, -0.05) is 0 Å². The maximum absolute atomic E-state index is 13.6. The summed E-state index contributed by atoms with van der Waals surface area (Å²) in [6.07, 6.45) is 5.27. The molecule has 3 aromatic rings. The zero-order valence-corrected chi connectivity index (χ0v) is 15.0. The predicted octanol–water partition coefficient (Wildman–Crippen LogP) is 2.31. The van der Waals surface area contributed by atoms with Crippen LogP contribution in [0.1, 0.15) is 12.8 Å². The van der Waals surface area contributed by atoms with Gasteiger partial charge in [-0.15, -0.1) is 0 Å². The number of aromatic nitrogens is 4. The van der Waals surface area contributed by atoms with Gasteiger partial charge in [0.25, 0.3) is 0 Å². The quantitative estimate of drug-likeness (QED) is 0.630. The molecule has 1 atom stereocenters. The van der Waals surface area contributed by atoms with E-state index in [1.807, 2.05) is 0 Å². The number of nitrogen functional groups attached to an aromatic ring is 1. The van der Waals surface area contributed by atoms with Crippen LogP contribution in [0.3, 0.4) is 0 Å². The van der Waals surface area contributed by atoms with Crippen LogP contribution in [0.25, 0.3) is 17.2 Å². The molecule has 28 heavy (non-hydrogen) atoms. The number of hydrogen-bond acceptors (Lipinski definition) is 6. The zero-order chi connectivity index (χ0) is 19.7. The number of fused-ring (bicyclic) bond motifs is 1. The van der Waals surface area contributed by atoms with E-state index in [-0.39, 0.29) is 11.7 Å². The third-order valence-corrected chi connectivity index (χ3v) is 4.86. The number of imidazole rings is 1. The van der Waals surface area contributed by atoms with Crippen LogP contribution in [0.15, 0.2) is 30.7 Å². The average Bonchev–Trinajstić information content (AvgIpc) is 3.10. The molecular weight excluding hydrogens is 365 g/mol. The summed E-state index contributed by atoms with van der Waals surface area (Å²) in [5.41, 5.74) is 7.51. The molecule has 146 valence electrons. The van der Waals surface area contributed by atoms with Crippen molar-refractivity contribution < 1.29 is 14.3 Å². The number of nitrogens with zero attached hydrogens (tertiary/aromatic N) is 5. The molecule has 4 heterocycles. The number of halogens is 1. The summed E-state index contributed by atoms with van der Waals surface area (Å²) in [4.78, 5) is 25.5. The van der Waals surface area contributed by atoms with Gasteiger partial charge in [0.2, 0.25) is 0 Å². The molecule has 0 unspecified atom stereocenters. The first kappa shape index (κ1) is 18.0. The van der Waals surface area contributed by atoms with E-state index in [1.54, 1.807) is 16.7 Å². The van der Waals surface area contributed by atoms with E-state index >= 15 is 0 Å². The first-order valence-electron chi connectivity index (χ1n) is 8.98. The van der Waals surface area contributed by atoms with Gasteiger partial charge in [-0.3, -0.25) is 4.40 Å². The highest BCUT2D eigenvalue weighted by Gasteiger charge is 2.23. The number of hydrogen-bond donors (Lipinski definition) is 3. The fraction of sp³-hybridized carbons (Fsp3) is 0.333. The molecule has 4 rings (SSSR count). The Morgan fingerprint density at radius 2 is 2.21 bits per heavy atom. The maximum atomic E-state index is 13.6. The lowest BCUT2D eigenvalue weighted by molar-refractivity contribution is 0.122. The van der Waals surface area contributed by atoms with Gasteiger partial charge in [0.1, 0.15) is 17.2 Å². The van der Waals surface area contributed by atoms with Crippen LogP contribution in [0.4, 0.5) is 20.7 Å². The number of amides is 1. The molecule has 1 aliphatic rings. The third kappa shape index (κ3) is 3.53. The number of nitrogens with two attached hydrogens (primary N) is 1. The van der Waals surface area contributed by atoms with Gasteiger partial charge in [0.05, 0.1) is 18.1 Å². The second kappa shape index (κ2) is 7.29. The highest BCUT2D eigenvalue weighted by molar-refractivity contribution is 5.66. The average molecular weight is 385 g/mol. The summed E-state index contributed by atoms with van der Waals surface area (Å²) in [6, 6.07) is 2.92. The van der Waals surface area contributed by atoms with Crippen molar-refractivity contribution in [1.82, 2.24) is 24.3 Å². The normalized spacial score (nSPS) is 17.0. The number of piperidine rings is 1. The standard InChI is InChI=1S/C18H20FN7O2/c19-12-3-4-15-21-8-14(26(15)10-12)17-23-7-13(20)16(24-17)22-6-11-2-1-5-25(9-11)18(27)28/h3-4,7-8,10-11H,1-2,5-6,9,20H2,(H,27,28)(H,22,23,24)/t11-/m1/s1. The summed E-state index contributed by atoms with van der Waals surface area (Å²) < 4.78 is 15.2. The molecule has 9 nitrogen and oxygen atoms in total. The number of nitrogens with one attached hydrogen (secondary N) is 1. The first-order valence-corrected chi connectivity index (χ1v) is 8.98. The van der Waals surface area contributed by atoms with E-state index in [1.165, 1.54) is 23.4 Å². The minimum Gasteiger partial charge on any atom is -0.465 e. The molecule has 0 bridgehead atoms. The Hall–Kier alpha value is -3.43. The van der Waals surface area contributed by atoms with Crippen molar-refractivity contribution >= 4 is 23.2 Å². The predicted molar refractivity (Wildman–Crippen MR) is 101 cm³/mol. The molecule has 0 aliphatic carbocycles. The molecule has 1 fully saturated rings. The Morgan fingerprint density at radius 1 is 1.36 bits per heavy atom. The summed E-state index contributed by atoms with van der Waals surface area (Å²) >= 11 is 0. The summed E-state index contributed by atoms with van der Waals surface area (Å²) in [6.45, 7) is 1.59. The lowest BCUT2D eigenvalue weighted by atomic mass is 9.98. The molecule has 4 N–H and O–H groups in total. The van der Waals surface area contributed by atoms with Crippen LogP contribution in [-0.4, -0.2) is 55.1 Å². The Morgan fingerprint density at radius 3 is 3.04 bits per heavy atom. The lowest BCUT2D eigenvalue weighted by Crippen LogP contribution is -2.41. The van der Waals surface area contributed by atoms with E-state index in [4.69, 9.17) is 10.8 Å². The van der Waals surface area contributed by atoms with Gasteiger partial charge in [0, 0.05) is 25.8 Å². The van der Waals surface area contributed by atoms with Gasteiger partial charge in [-0.2, -0.15) is 0 Å². The van der Waals surface area contributed by atoms with Crippen molar-refractivity contribution in [3.05, 3.63) is 36.5 Å². The van der Waals surface area contributed by atoms with Crippen molar-refractivity contribution in [2.45, 2.75) is 12.8 Å². The van der Waals surface area contributed by atoms with Crippen molar-refractivity contribution in [2.75, 3.05) is 30.7 Å². The monoisotopic (exact) mass is 385 g/mol. The van der Waals surface area contributed by atoms with Crippen LogP contribution < -0.4 is 11.1 Å². The minimum absolute atomic E-state index is 0.174. The van der Waals surface area contributed by atoms with Gasteiger partial charge < -0.3 is 21.1 Å². The summed E-state index contributed by atoms with van der Waals surface area (Å²) in [5, 5.41) is 12.4. The van der Waals surface area contributed by atoms with E-state index in [9.17, 15) is 9.18 Å². The molecule has 10 heteroatoms. The van der Waals surface area contributed by atoms with Crippen molar-refractivity contribution in [2.24, 2.45) is 5.92 Å². The number of pyridine rings is 1. The smallest absolute Gasteiger partial charge is 0.407 e. The zero-order valence-electron chi connectivity index (χ0n) is 15.0. The molecule has 1 amide bonds. The number of likely N-dealkylation sites (tertiary alicyclic amines) is 1. The third-order valence-electron chi connectivity index (χ3n) is 4.86. The molecule has 0 spiro atoms. The fourth-order valence-electron chi connectivity index (χ4n) is 3.42. The van der Waals surface area contributed by atoms with E-state index in [2.05, 4.69) is 20.3 Å². The fourth-order valence-corrected chi connectivity index (χ4v) is 3.42. The number of rotatable bonds is 4. The summed E-state index contributed by atoms with van der Waals surface area (Å²) in [7, 11) is 0. The highest BCUT2D eigenvalue weighted by Crippen LogP contribution is 2.23. The molecular formula is C18H20FN7O2. The molecule has 0 saturated carbocycles. The summed E-state index contributed by atoms with van der Waals surface area (Å²) in [5.74, 6) is 0.614. The van der Waals surface area contributed by atoms with Gasteiger partial charge in [-0.25, -0.2) is 24.1 Å². The van der Waals surface area contributed by atoms with E-state index in [0.29, 0.717) is 48.3 Å². The van der Waals surface area contributed by atoms with Crippen LogP contribution in [0, 0.1) is 11.7 Å². The highest BCUT2D eigenvalue weighted by atomic mass is 19.1. The van der Waals surface area contributed by atoms with Crippen LogP contribution >= 0.6 is 0 Å². The Bertz CT molecular complexity index is 1020. The van der Waals surface area contributed by atoms with Gasteiger partial charge >= 0.3 is 6.09 Å². The van der Waals surface area contributed by atoms with E-state index in [0.717, 1.165) is 12.8 Å². The maximum Gasteiger partial charge on any atom is 0.407 e. The molecule has 1 aliphatic heterocycles. The van der Waals surface area contributed by atoms with Gasteiger partial charge in [-0.05, 0) is 30.9 Å². The van der Waals surface area contributed by atoms with Crippen LogP contribution in [0.2, 0.25) is 0 Å². The lowest BCUT2D eigenvalue weighted by Gasteiger charge is -2.30. The second-order valence-corrected chi connectivity index (χ2v) is 6.83. The SMILES string of the molecule is Nc1cnc(-c2cnc3ccc(F)cn23)nc1NC[C@H]1CCCN(C(=O)O)C1. The Labute approximate surface area is 160 Å². The second-order valence-electron chi connectivity index (χ2n) is 6.83. The Balaban J connectivity index is 1.54. The van der Waals surface area contributed by atoms with Crippen molar-refractivity contribution in [3.63, 3.8) is 0 Å². The minimum atomic E-state index is -0.895. The molecule has 3 aromatic heterocycles. The molecule has 0 radical (unpaired) electrons. The van der Waals surface area contributed by atoms with Crippen molar-refractivity contribution in [3.8, 4) is 11.5 Å². The van der Waals surface area contributed by atoms with Crippen molar-refractivity contribution in [1.29, 1.82) is 0 Å². The first-order chi connectivity index (χ1) is 13.5. The molecule has 0 aromatic carbocycles. The Kier molecular flexibility index (Phi) is 4.68. The van der Waals surface area contributed by atoms with Crippen LogP contribution in [-0.2, 0) is 0 Å². The number of carboxylic acid groups (broad SMARTS) is 1. The number of anilines is 2. The topological polar surface area (TPSA) is 122 Å². The van der Waals surface area contributed by atoms with Gasteiger partial charge in [0.15, 0.2) is 11.6 Å². The number of carbonyl (C=O) groups is 1.